The van der Waals surface area contributed by atoms with Gasteiger partial charge in [-0.1, -0.05) is 0 Å². The molecule has 1 aliphatic heterocycles. The van der Waals surface area contributed by atoms with Gasteiger partial charge in [-0.2, -0.15) is 0 Å². The fourth-order valence-corrected chi connectivity index (χ4v) is 3.03. The highest BCUT2D eigenvalue weighted by molar-refractivity contribution is 5.85. The third kappa shape index (κ3) is 3.28. The van der Waals surface area contributed by atoms with Crippen molar-refractivity contribution < 1.29 is 8.78 Å². The fraction of sp³-hybridized carbons (Fsp3) is 0.467. The minimum Gasteiger partial charge on any atom is -0.316 e. The van der Waals surface area contributed by atoms with Crippen molar-refractivity contribution in [1.29, 1.82) is 0 Å². The molecule has 0 aliphatic carbocycles. The Morgan fingerprint density at radius 1 is 1.23 bits per heavy atom. The van der Waals surface area contributed by atoms with E-state index in [0.29, 0.717) is 11.3 Å². The molecule has 120 valence electrons. The highest BCUT2D eigenvalue weighted by Gasteiger charge is 2.40. The lowest BCUT2D eigenvalue weighted by Crippen LogP contribution is -2.49. The Labute approximate surface area is 134 Å². The Morgan fingerprint density at radius 3 is 2.36 bits per heavy atom. The zero-order valence-electron chi connectivity index (χ0n) is 12.5. The van der Waals surface area contributed by atoms with Crippen molar-refractivity contribution in [3.8, 4) is 5.69 Å². The van der Waals surface area contributed by atoms with Gasteiger partial charge < -0.3 is 5.32 Å². The maximum absolute atomic E-state index is 14.6. The van der Waals surface area contributed by atoms with Crippen LogP contribution in [0.2, 0.25) is 0 Å². The summed E-state index contributed by atoms with van der Waals surface area (Å²) in [4.78, 5) is 0. The average molecular weight is 329 g/mol. The van der Waals surface area contributed by atoms with Gasteiger partial charge in [-0.3, -0.25) is 4.57 Å². The van der Waals surface area contributed by atoms with Gasteiger partial charge in [0.2, 0.25) is 0 Å². The summed E-state index contributed by atoms with van der Waals surface area (Å²) < 4.78 is 30.2. The van der Waals surface area contributed by atoms with E-state index >= 15 is 0 Å². The molecule has 1 unspecified atom stereocenters. The SMILES string of the molecule is CC(C)(F)C(c1cc(F)cc(-n2cnnc2)c1)C1CNC1.Cl. The molecule has 3 rings (SSSR count). The number of nitrogens with zero attached hydrogens (tertiary/aromatic N) is 3. The van der Waals surface area contributed by atoms with Crippen LogP contribution in [-0.2, 0) is 0 Å². The minimum absolute atomic E-state index is 0. The fourth-order valence-electron chi connectivity index (χ4n) is 3.03. The zero-order valence-corrected chi connectivity index (χ0v) is 13.3. The van der Waals surface area contributed by atoms with Crippen molar-refractivity contribution >= 4 is 12.4 Å². The molecule has 1 aliphatic rings. The summed E-state index contributed by atoms with van der Waals surface area (Å²) >= 11 is 0. The average Bonchev–Trinajstić information content (AvgIpc) is 2.84. The molecule has 1 aromatic carbocycles. The number of hydrogen-bond donors (Lipinski definition) is 1. The second-order valence-corrected chi connectivity index (χ2v) is 6.07. The van der Waals surface area contributed by atoms with E-state index in [1.54, 1.807) is 18.4 Å². The largest absolute Gasteiger partial charge is 0.316 e. The van der Waals surface area contributed by atoms with Crippen LogP contribution in [0.3, 0.4) is 0 Å². The minimum atomic E-state index is -1.41. The maximum Gasteiger partial charge on any atom is 0.125 e. The Kier molecular flexibility index (Phi) is 4.82. The van der Waals surface area contributed by atoms with Crippen LogP contribution in [0.15, 0.2) is 30.9 Å². The summed E-state index contributed by atoms with van der Waals surface area (Å²) in [6.07, 6.45) is 3.00. The molecule has 2 heterocycles. The summed E-state index contributed by atoms with van der Waals surface area (Å²) in [7, 11) is 0. The van der Waals surface area contributed by atoms with Gasteiger partial charge in [0.25, 0.3) is 0 Å². The van der Waals surface area contributed by atoms with Crippen LogP contribution in [-0.4, -0.2) is 33.5 Å². The first-order valence-electron chi connectivity index (χ1n) is 7.00. The molecular formula is C15H19ClF2N4. The first kappa shape index (κ1) is 16.8. The molecule has 7 heteroatoms. The van der Waals surface area contributed by atoms with Gasteiger partial charge in [0.15, 0.2) is 0 Å². The molecule has 22 heavy (non-hydrogen) atoms. The van der Waals surface area contributed by atoms with E-state index in [4.69, 9.17) is 0 Å². The van der Waals surface area contributed by atoms with Crippen LogP contribution in [0.1, 0.15) is 25.3 Å². The molecule has 0 amide bonds. The Bertz CT molecular complexity index is 621. The van der Waals surface area contributed by atoms with E-state index in [1.165, 1.54) is 24.8 Å². The number of halogens is 3. The van der Waals surface area contributed by atoms with Gasteiger partial charge in [-0.15, -0.1) is 22.6 Å². The van der Waals surface area contributed by atoms with E-state index in [9.17, 15) is 8.78 Å². The topological polar surface area (TPSA) is 42.7 Å². The quantitative estimate of drug-likeness (QED) is 0.938. The predicted molar refractivity (Wildman–Crippen MR) is 82.9 cm³/mol. The molecule has 0 bridgehead atoms. The number of nitrogens with one attached hydrogen (secondary N) is 1. The molecular weight excluding hydrogens is 310 g/mol. The predicted octanol–water partition coefficient (Wildman–Crippen LogP) is 2.88. The molecule has 0 saturated carbocycles. The van der Waals surface area contributed by atoms with Crippen molar-refractivity contribution in [2.24, 2.45) is 5.92 Å². The maximum atomic E-state index is 14.6. The van der Waals surface area contributed by atoms with Crippen molar-refractivity contribution in [3.05, 3.63) is 42.2 Å². The molecule has 1 atom stereocenters. The zero-order chi connectivity index (χ0) is 15.0. The summed E-state index contributed by atoms with van der Waals surface area (Å²) in [6, 6.07) is 4.64. The molecule has 0 spiro atoms. The van der Waals surface area contributed by atoms with Crippen LogP contribution in [0, 0.1) is 11.7 Å². The lowest BCUT2D eigenvalue weighted by molar-refractivity contribution is 0.107. The summed E-state index contributed by atoms with van der Waals surface area (Å²) in [6.45, 7) is 4.63. The smallest absolute Gasteiger partial charge is 0.125 e. The van der Waals surface area contributed by atoms with Gasteiger partial charge in [0, 0.05) is 5.92 Å². The van der Waals surface area contributed by atoms with E-state index in [2.05, 4.69) is 15.5 Å². The van der Waals surface area contributed by atoms with Crippen LogP contribution < -0.4 is 5.32 Å². The van der Waals surface area contributed by atoms with Gasteiger partial charge in [0.1, 0.15) is 24.1 Å². The number of alkyl halides is 1. The van der Waals surface area contributed by atoms with E-state index < -0.39 is 5.67 Å². The van der Waals surface area contributed by atoms with Gasteiger partial charge in [-0.25, -0.2) is 8.78 Å². The van der Waals surface area contributed by atoms with Crippen molar-refractivity contribution in [2.45, 2.75) is 25.4 Å². The summed E-state index contributed by atoms with van der Waals surface area (Å²) in [5, 5.41) is 10.6. The molecule has 1 aromatic heterocycles. The lowest BCUT2D eigenvalue weighted by Gasteiger charge is -2.40. The highest BCUT2D eigenvalue weighted by atomic mass is 35.5. The van der Waals surface area contributed by atoms with Gasteiger partial charge in [-0.05, 0) is 56.6 Å². The first-order valence-corrected chi connectivity index (χ1v) is 7.00. The number of benzene rings is 1. The van der Waals surface area contributed by atoms with Crippen LogP contribution >= 0.6 is 12.4 Å². The Morgan fingerprint density at radius 2 is 1.86 bits per heavy atom. The van der Waals surface area contributed by atoms with Crippen LogP contribution in [0.25, 0.3) is 5.69 Å². The van der Waals surface area contributed by atoms with Crippen molar-refractivity contribution in [2.75, 3.05) is 13.1 Å². The molecule has 0 radical (unpaired) electrons. The molecule has 1 N–H and O–H groups in total. The number of rotatable bonds is 4. The van der Waals surface area contributed by atoms with Crippen molar-refractivity contribution in [1.82, 2.24) is 20.1 Å². The molecule has 4 nitrogen and oxygen atoms in total. The third-order valence-electron chi connectivity index (χ3n) is 4.00. The van der Waals surface area contributed by atoms with Gasteiger partial charge >= 0.3 is 0 Å². The Balaban J connectivity index is 0.00000176. The Hall–Kier alpha value is -1.53. The normalized spacial score (nSPS) is 16.7. The highest BCUT2D eigenvalue weighted by Crippen LogP contribution is 2.40. The van der Waals surface area contributed by atoms with Crippen LogP contribution in [0.4, 0.5) is 8.78 Å². The number of aromatic nitrogens is 3. The number of hydrogen-bond acceptors (Lipinski definition) is 3. The molecule has 1 saturated heterocycles. The monoisotopic (exact) mass is 328 g/mol. The second-order valence-electron chi connectivity index (χ2n) is 6.07. The standard InChI is InChI=1S/C15H18F2N4.ClH/c1-15(2,17)14(11-6-18-7-11)10-3-12(16)5-13(4-10)21-8-19-20-9-21;/h3-5,8-9,11,14,18H,6-7H2,1-2H3;1H. The van der Waals surface area contributed by atoms with Crippen LogP contribution in [0.5, 0.6) is 0 Å². The first-order chi connectivity index (χ1) is 9.95. The summed E-state index contributed by atoms with van der Waals surface area (Å²) in [5.41, 5.74) is -0.125. The molecule has 2 aromatic rings. The second kappa shape index (κ2) is 6.30. The van der Waals surface area contributed by atoms with E-state index in [1.807, 2.05) is 6.07 Å². The van der Waals surface area contributed by atoms with E-state index in [0.717, 1.165) is 13.1 Å². The van der Waals surface area contributed by atoms with E-state index in [-0.39, 0.29) is 30.1 Å². The lowest BCUT2D eigenvalue weighted by atomic mass is 9.74. The van der Waals surface area contributed by atoms with Gasteiger partial charge in [0.05, 0.1) is 5.69 Å². The summed E-state index contributed by atoms with van der Waals surface area (Å²) in [5.74, 6) is -0.539. The van der Waals surface area contributed by atoms with Crippen molar-refractivity contribution in [3.63, 3.8) is 0 Å². The molecule has 1 fully saturated rings. The third-order valence-corrected chi connectivity index (χ3v) is 4.00.